The van der Waals surface area contributed by atoms with E-state index in [-0.39, 0.29) is 11.7 Å². The van der Waals surface area contributed by atoms with Crippen molar-refractivity contribution in [1.82, 2.24) is 0 Å². The van der Waals surface area contributed by atoms with Gasteiger partial charge in [0.05, 0.1) is 12.7 Å². The minimum atomic E-state index is -0.0856. The van der Waals surface area contributed by atoms with Gasteiger partial charge in [0, 0.05) is 5.92 Å². The molecular formula is C15H12O3. The number of methoxy groups -OCH3 is 1. The van der Waals surface area contributed by atoms with Crippen molar-refractivity contribution in [3.05, 3.63) is 59.9 Å². The molecule has 0 unspecified atom stereocenters. The second-order valence-corrected chi connectivity index (χ2v) is 4.17. The lowest BCUT2D eigenvalue weighted by atomic mass is 10.1. The van der Waals surface area contributed by atoms with Gasteiger partial charge in [-0.05, 0) is 24.3 Å². The van der Waals surface area contributed by atoms with Gasteiger partial charge in [-0.15, -0.1) is 0 Å². The van der Waals surface area contributed by atoms with Crippen LogP contribution in [-0.4, -0.2) is 12.9 Å². The van der Waals surface area contributed by atoms with Crippen molar-refractivity contribution in [2.75, 3.05) is 7.11 Å². The Morgan fingerprint density at radius 1 is 1.28 bits per heavy atom. The standard InChI is InChI=1S/C15H12O3/c1-17-11-6-7-13-12(9-11)15(16)14(18-13)8-10-4-2-3-5-10/h2-10H,1H3/b14-8-. The van der Waals surface area contributed by atoms with E-state index in [2.05, 4.69) is 0 Å². The third-order valence-corrected chi connectivity index (χ3v) is 3.00. The van der Waals surface area contributed by atoms with Crippen LogP contribution in [0.3, 0.4) is 0 Å². The molecule has 1 aromatic rings. The van der Waals surface area contributed by atoms with E-state index in [1.807, 2.05) is 30.4 Å². The molecule has 0 bridgehead atoms. The van der Waals surface area contributed by atoms with Crippen LogP contribution in [0.5, 0.6) is 11.5 Å². The third kappa shape index (κ3) is 1.74. The van der Waals surface area contributed by atoms with E-state index < -0.39 is 0 Å². The van der Waals surface area contributed by atoms with Crippen LogP contribution in [0, 0.1) is 5.92 Å². The lowest BCUT2D eigenvalue weighted by Gasteiger charge is -2.01. The zero-order valence-electron chi connectivity index (χ0n) is 9.92. The summed E-state index contributed by atoms with van der Waals surface area (Å²) in [6.07, 6.45) is 9.75. The van der Waals surface area contributed by atoms with Crippen LogP contribution in [0.15, 0.2) is 54.3 Å². The van der Waals surface area contributed by atoms with E-state index in [4.69, 9.17) is 9.47 Å². The highest BCUT2D eigenvalue weighted by atomic mass is 16.5. The third-order valence-electron chi connectivity index (χ3n) is 3.00. The summed E-state index contributed by atoms with van der Waals surface area (Å²) in [4.78, 5) is 12.2. The maximum atomic E-state index is 12.2. The fourth-order valence-electron chi connectivity index (χ4n) is 2.04. The SMILES string of the molecule is COc1ccc2c(c1)C(=O)/C(=C/C1C=CC=C1)O2. The molecular weight excluding hydrogens is 228 g/mol. The van der Waals surface area contributed by atoms with Gasteiger partial charge in [0.15, 0.2) is 5.76 Å². The minimum Gasteiger partial charge on any atom is -0.497 e. The summed E-state index contributed by atoms with van der Waals surface area (Å²) in [5.74, 6) is 1.70. The van der Waals surface area contributed by atoms with Gasteiger partial charge in [0.2, 0.25) is 5.78 Å². The molecule has 3 rings (SSSR count). The van der Waals surface area contributed by atoms with Crippen LogP contribution < -0.4 is 9.47 Å². The summed E-state index contributed by atoms with van der Waals surface area (Å²) >= 11 is 0. The average Bonchev–Trinajstić information content (AvgIpc) is 2.99. The maximum Gasteiger partial charge on any atom is 0.231 e. The number of rotatable bonds is 2. The van der Waals surface area contributed by atoms with Gasteiger partial charge in [-0.2, -0.15) is 0 Å². The first kappa shape index (κ1) is 10.8. The van der Waals surface area contributed by atoms with Crippen LogP contribution in [0.4, 0.5) is 0 Å². The number of fused-ring (bicyclic) bond motifs is 1. The first-order chi connectivity index (χ1) is 8.78. The van der Waals surface area contributed by atoms with Crippen molar-refractivity contribution in [1.29, 1.82) is 0 Å². The molecule has 0 saturated carbocycles. The minimum absolute atomic E-state index is 0.0856. The molecule has 0 spiro atoms. The number of hydrogen-bond donors (Lipinski definition) is 0. The molecule has 18 heavy (non-hydrogen) atoms. The van der Waals surface area contributed by atoms with E-state index >= 15 is 0 Å². The number of ether oxygens (including phenoxy) is 2. The number of allylic oxidation sites excluding steroid dienone is 6. The molecule has 3 nitrogen and oxygen atoms in total. The topological polar surface area (TPSA) is 35.5 Å². The van der Waals surface area contributed by atoms with Gasteiger partial charge in [-0.3, -0.25) is 4.79 Å². The zero-order valence-corrected chi connectivity index (χ0v) is 9.92. The van der Waals surface area contributed by atoms with Gasteiger partial charge < -0.3 is 9.47 Å². The second kappa shape index (κ2) is 4.18. The van der Waals surface area contributed by atoms with Crippen molar-refractivity contribution in [2.24, 2.45) is 5.92 Å². The summed E-state index contributed by atoms with van der Waals surface area (Å²) in [6, 6.07) is 5.25. The summed E-state index contributed by atoms with van der Waals surface area (Å²) in [5, 5.41) is 0. The summed E-state index contributed by atoms with van der Waals surface area (Å²) in [5.41, 5.74) is 0.562. The van der Waals surface area contributed by atoms with Crippen LogP contribution >= 0.6 is 0 Å². The monoisotopic (exact) mass is 240 g/mol. The van der Waals surface area contributed by atoms with Crippen LogP contribution in [-0.2, 0) is 0 Å². The first-order valence-electron chi connectivity index (χ1n) is 5.75. The zero-order chi connectivity index (χ0) is 12.5. The van der Waals surface area contributed by atoms with Crippen molar-refractivity contribution in [3.8, 4) is 11.5 Å². The number of hydrogen-bond acceptors (Lipinski definition) is 3. The van der Waals surface area contributed by atoms with Gasteiger partial charge in [0.1, 0.15) is 11.5 Å². The van der Waals surface area contributed by atoms with Crippen molar-refractivity contribution in [2.45, 2.75) is 0 Å². The summed E-state index contributed by atoms with van der Waals surface area (Å²) in [6.45, 7) is 0. The largest absolute Gasteiger partial charge is 0.497 e. The quantitative estimate of drug-likeness (QED) is 0.746. The van der Waals surface area contributed by atoms with E-state index in [1.165, 1.54) is 0 Å². The molecule has 0 fully saturated rings. The van der Waals surface area contributed by atoms with E-state index in [9.17, 15) is 4.79 Å². The molecule has 0 atom stereocenters. The Morgan fingerprint density at radius 2 is 2.06 bits per heavy atom. The molecule has 1 heterocycles. The lowest BCUT2D eigenvalue weighted by molar-refractivity contribution is 0.101. The van der Waals surface area contributed by atoms with E-state index in [0.29, 0.717) is 22.8 Å². The van der Waals surface area contributed by atoms with Gasteiger partial charge >= 0.3 is 0 Å². The Balaban J connectivity index is 1.93. The molecule has 0 saturated heterocycles. The molecule has 2 aliphatic rings. The fraction of sp³-hybridized carbons (Fsp3) is 0.133. The lowest BCUT2D eigenvalue weighted by Crippen LogP contribution is -2.00. The number of Topliss-reactive ketones (excluding diaryl/α,β-unsaturated/α-hetero) is 1. The van der Waals surface area contributed by atoms with Crippen molar-refractivity contribution in [3.63, 3.8) is 0 Å². The van der Waals surface area contributed by atoms with Gasteiger partial charge in [-0.25, -0.2) is 0 Å². The molecule has 3 heteroatoms. The predicted octanol–water partition coefficient (Wildman–Crippen LogP) is 2.90. The van der Waals surface area contributed by atoms with Crippen molar-refractivity contribution >= 4 is 5.78 Å². The number of ketones is 1. The Bertz CT molecular complexity index is 582. The highest BCUT2D eigenvalue weighted by Crippen LogP contribution is 2.34. The molecule has 0 N–H and O–H groups in total. The summed E-state index contributed by atoms with van der Waals surface area (Å²) < 4.78 is 10.7. The maximum absolute atomic E-state index is 12.2. The van der Waals surface area contributed by atoms with Gasteiger partial charge in [-0.1, -0.05) is 24.3 Å². The number of benzene rings is 1. The molecule has 1 aliphatic heterocycles. The molecule has 1 aliphatic carbocycles. The highest BCUT2D eigenvalue weighted by molar-refractivity contribution is 6.12. The second-order valence-electron chi connectivity index (χ2n) is 4.17. The van der Waals surface area contributed by atoms with Crippen LogP contribution in [0.25, 0.3) is 0 Å². The normalized spacial score (nSPS) is 19.4. The average molecular weight is 240 g/mol. The Hall–Kier alpha value is -2.29. The molecule has 0 aromatic heterocycles. The highest BCUT2D eigenvalue weighted by Gasteiger charge is 2.28. The number of carbonyl (C=O) groups is 1. The van der Waals surface area contributed by atoms with E-state index in [1.54, 1.807) is 25.3 Å². The smallest absolute Gasteiger partial charge is 0.231 e. The van der Waals surface area contributed by atoms with Gasteiger partial charge in [0.25, 0.3) is 0 Å². The first-order valence-corrected chi connectivity index (χ1v) is 5.75. The molecule has 90 valence electrons. The van der Waals surface area contributed by atoms with Crippen molar-refractivity contribution < 1.29 is 14.3 Å². The fourth-order valence-corrected chi connectivity index (χ4v) is 2.04. The molecule has 0 amide bonds. The van der Waals surface area contributed by atoms with E-state index in [0.717, 1.165) is 0 Å². The Morgan fingerprint density at radius 3 is 2.78 bits per heavy atom. The predicted molar refractivity (Wildman–Crippen MR) is 67.8 cm³/mol. The van der Waals surface area contributed by atoms with Crippen LogP contribution in [0.2, 0.25) is 0 Å². The van der Waals surface area contributed by atoms with Crippen LogP contribution in [0.1, 0.15) is 10.4 Å². The Labute approximate surface area is 105 Å². The number of carbonyl (C=O) groups excluding carboxylic acids is 1. The molecule has 1 aromatic carbocycles. The molecule has 0 radical (unpaired) electrons. The Kier molecular flexibility index (Phi) is 2.52. The summed E-state index contributed by atoms with van der Waals surface area (Å²) in [7, 11) is 1.58.